The molecule has 1 aromatic carbocycles. The number of rotatable bonds is 3. The van der Waals surface area contributed by atoms with Crippen LogP contribution < -0.4 is 5.32 Å². The van der Waals surface area contributed by atoms with Gasteiger partial charge >= 0.3 is 0 Å². The molecule has 4 heteroatoms. The lowest BCUT2D eigenvalue weighted by Crippen LogP contribution is -2.20. The normalized spacial score (nSPS) is 9.06. The topological polar surface area (TPSA) is 46.2 Å². The number of hydrogen-bond acceptors (Lipinski definition) is 2. The number of nitrogens with one attached hydrogen (secondary N) is 1. The molecular formula is C13H12ClNO2. The van der Waals surface area contributed by atoms with Gasteiger partial charge in [0.05, 0.1) is 10.6 Å². The van der Waals surface area contributed by atoms with Crippen LogP contribution in [0.2, 0.25) is 5.02 Å². The summed E-state index contributed by atoms with van der Waals surface area (Å²) in [4.78, 5) is 21.4. The first kappa shape index (κ1) is 13.3. The van der Waals surface area contributed by atoms with E-state index in [9.17, 15) is 9.59 Å². The Morgan fingerprint density at radius 1 is 1.53 bits per heavy atom. The van der Waals surface area contributed by atoms with E-state index in [1.165, 1.54) is 6.92 Å². The maximum Gasteiger partial charge on any atom is 0.216 e. The Balaban J connectivity index is 2.71. The lowest BCUT2D eigenvalue weighted by molar-refractivity contribution is -0.118. The van der Waals surface area contributed by atoms with Crippen molar-refractivity contribution < 1.29 is 9.59 Å². The SMILES string of the molecule is CC(=O)NCCC#Cc1c(Cl)cccc1C=O. The molecule has 0 aliphatic rings. The second-order valence-corrected chi connectivity index (χ2v) is 3.76. The minimum atomic E-state index is -0.0851. The zero-order valence-corrected chi connectivity index (χ0v) is 10.2. The Morgan fingerprint density at radius 2 is 2.29 bits per heavy atom. The third-order valence-electron chi connectivity index (χ3n) is 2.01. The molecule has 0 aromatic heterocycles. The lowest BCUT2D eigenvalue weighted by Gasteiger charge is -1.99. The summed E-state index contributed by atoms with van der Waals surface area (Å²) >= 11 is 5.94. The van der Waals surface area contributed by atoms with Crippen molar-refractivity contribution >= 4 is 23.8 Å². The van der Waals surface area contributed by atoms with Crippen LogP contribution in [0.15, 0.2) is 18.2 Å². The number of carbonyl (C=O) groups is 2. The summed E-state index contributed by atoms with van der Waals surface area (Å²) < 4.78 is 0. The molecule has 1 aromatic rings. The highest BCUT2D eigenvalue weighted by Gasteiger charge is 2.02. The predicted octanol–water partition coefficient (Wildman–Crippen LogP) is 2.03. The van der Waals surface area contributed by atoms with Gasteiger partial charge in [0, 0.05) is 25.5 Å². The molecule has 0 saturated heterocycles. The van der Waals surface area contributed by atoms with E-state index >= 15 is 0 Å². The third kappa shape index (κ3) is 4.29. The summed E-state index contributed by atoms with van der Waals surface area (Å²) in [5, 5.41) is 3.09. The quantitative estimate of drug-likeness (QED) is 0.506. The van der Waals surface area contributed by atoms with Crippen LogP contribution in [0.25, 0.3) is 0 Å². The molecular weight excluding hydrogens is 238 g/mol. The van der Waals surface area contributed by atoms with E-state index in [4.69, 9.17) is 11.6 Å². The largest absolute Gasteiger partial charge is 0.355 e. The van der Waals surface area contributed by atoms with Gasteiger partial charge in [-0.1, -0.05) is 35.6 Å². The minimum Gasteiger partial charge on any atom is -0.355 e. The van der Waals surface area contributed by atoms with E-state index in [1.807, 2.05) is 0 Å². The Kier molecular flexibility index (Phi) is 5.25. The smallest absolute Gasteiger partial charge is 0.216 e. The molecule has 0 unspecified atom stereocenters. The van der Waals surface area contributed by atoms with Gasteiger partial charge in [-0.3, -0.25) is 9.59 Å². The molecule has 0 aliphatic carbocycles. The molecule has 0 fully saturated rings. The number of amides is 1. The number of benzene rings is 1. The summed E-state index contributed by atoms with van der Waals surface area (Å²) in [5.74, 6) is 5.62. The van der Waals surface area contributed by atoms with Gasteiger partial charge in [0.1, 0.15) is 0 Å². The summed E-state index contributed by atoms with van der Waals surface area (Å²) in [5.41, 5.74) is 1.01. The number of halogens is 1. The predicted molar refractivity (Wildman–Crippen MR) is 67.0 cm³/mol. The molecule has 0 bridgehead atoms. The van der Waals surface area contributed by atoms with Gasteiger partial charge in [-0.2, -0.15) is 0 Å². The fourth-order valence-corrected chi connectivity index (χ4v) is 1.45. The monoisotopic (exact) mass is 249 g/mol. The van der Waals surface area contributed by atoms with E-state index in [-0.39, 0.29) is 5.91 Å². The van der Waals surface area contributed by atoms with Crippen LogP contribution in [-0.4, -0.2) is 18.7 Å². The highest BCUT2D eigenvalue weighted by Crippen LogP contribution is 2.17. The molecule has 1 N–H and O–H groups in total. The van der Waals surface area contributed by atoms with Crippen molar-refractivity contribution in [1.82, 2.24) is 5.32 Å². The number of aldehydes is 1. The summed E-state index contributed by atoms with van der Waals surface area (Å²) in [6.07, 6.45) is 1.24. The van der Waals surface area contributed by atoms with Crippen molar-refractivity contribution in [2.45, 2.75) is 13.3 Å². The van der Waals surface area contributed by atoms with Crippen LogP contribution in [0.5, 0.6) is 0 Å². The molecule has 17 heavy (non-hydrogen) atoms. The molecule has 0 atom stereocenters. The van der Waals surface area contributed by atoms with Gasteiger partial charge in [0.25, 0.3) is 0 Å². The number of hydrogen-bond donors (Lipinski definition) is 1. The molecule has 0 heterocycles. The molecule has 0 radical (unpaired) electrons. The first-order valence-corrected chi connectivity index (χ1v) is 5.50. The van der Waals surface area contributed by atoms with Crippen LogP contribution in [0.4, 0.5) is 0 Å². The van der Waals surface area contributed by atoms with Crippen LogP contribution in [0.3, 0.4) is 0 Å². The van der Waals surface area contributed by atoms with Gasteiger partial charge in [-0.25, -0.2) is 0 Å². The molecule has 1 amide bonds. The average Bonchev–Trinajstić information content (AvgIpc) is 2.30. The summed E-state index contributed by atoms with van der Waals surface area (Å²) in [7, 11) is 0. The van der Waals surface area contributed by atoms with Crippen LogP contribution in [0, 0.1) is 11.8 Å². The summed E-state index contributed by atoms with van der Waals surface area (Å²) in [6, 6.07) is 5.05. The lowest BCUT2D eigenvalue weighted by atomic mass is 10.1. The molecule has 0 aliphatic heterocycles. The van der Waals surface area contributed by atoms with Crippen LogP contribution in [0.1, 0.15) is 29.3 Å². The van der Waals surface area contributed by atoms with Crippen molar-refractivity contribution in [1.29, 1.82) is 0 Å². The van der Waals surface area contributed by atoms with Gasteiger partial charge in [-0.05, 0) is 6.07 Å². The van der Waals surface area contributed by atoms with Crippen molar-refractivity contribution in [2.75, 3.05) is 6.54 Å². The second kappa shape index (κ2) is 6.72. The van der Waals surface area contributed by atoms with Crippen molar-refractivity contribution in [3.63, 3.8) is 0 Å². The molecule has 3 nitrogen and oxygen atoms in total. The maximum absolute atomic E-state index is 10.8. The van der Waals surface area contributed by atoms with Crippen molar-refractivity contribution in [3.8, 4) is 11.8 Å². The molecule has 88 valence electrons. The van der Waals surface area contributed by atoms with E-state index < -0.39 is 0 Å². The highest BCUT2D eigenvalue weighted by atomic mass is 35.5. The third-order valence-corrected chi connectivity index (χ3v) is 2.33. The molecule has 0 saturated carbocycles. The summed E-state index contributed by atoms with van der Waals surface area (Å²) in [6.45, 7) is 1.94. The zero-order valence-electron chi connectivity index (χ0n) is 9.42. The fraction of sp³-hybridized carbons (Fsp3) is 0.231. The maximum atomic E-state index is 10.8. The number of carbonyl (C=O) groups excluding carboxylic acids is 2. The first-order valence-electron chi connectivity index (χ1n) is 5.12. The zero-order chi connectivity index (χ0) is 12.7. The van der Waals surface area contributed by atoms with E-state index in [0.717, 1.165) is 6.29 Å². The van der Waals surface area contributed by atoms with Gasteiger partial charge < -0.3 is 5.32 Å². The van der Waals surface area contributed by atoms with Gasteiger partial charge in [-0.15, -0.1) is 0 Å². The molecule has 1 rings (SSSR count). The Labute approximate surface area is 105 Å². The Morgan fingerprint density at radius 3 is 2.94 bits per heavy atom. The van der Waals surface area contributed by atoms with E-state index in [1.54, 1.807) is 18.2 Å². The fourth-order valence-electron chi connectivity index (χ4n) is 1.22. The first-order chi connectivity index (χ1) is 8.15. The average molecular weight is 250 g/mol. The van der Waals surface area contributed by atoms with Crippen molar-refractivity contribution in [3.05, 3.63) is 34.3 Å². The standard InChI is InChI=1S/C13H12ClNO2/c1-10(17)15-8-3-2-6-12-11(9-16)5-4-7-13(12)14/h4-5,7,9H,3,8H2,1H3,(H,15,17). The van der Waals surface area contributed by atoms with Gasteiger partial charge in [0.2, 0.25) is 5.91 Å². The second-order valence-electron chi connectivity index (χ2n) is 3.36. The Bertz CT molecular complexity index is 486. The van der Waals surface area contributed by atoms with Crippen LogP contribution >= 0.6 is 11.6 Å². The van der Waals surface area contributed by atoms with Crippen LogP contribution in [-0.2, 0) is 4.79 Å². The molecule has 0 spiro atoms. The Hall–Kier alpha value is -1.79. The highest BCUT2D eigenvalue weighted by molar-refractivity contribution is 6.32. The van der Waals surface area contributed by atoms with Crippen molar-refractivity contribution in [2.24, 2.45) is 0 Å². The van der Waals surface area contributed by atoms with Gasteiger partial charge in [0.15, 0.2) is 6.29 Å². The van der Waals surface area contributed by atoms with E-state index in [0.29, 0.717) is 29.1 Å². The minimum absolute atomic E-state index is 0.0851. The van der Waals surface area contributed by atoms with E-state index in [2.05, 4.69) is 17.2 Å².